The molecule has 19 heavy (non-hydrogen) atoms. The number of carbonyl (C=O) groups excluding carboxylic acids is 1. The lowest BCUT2D eigenvalue weighted by atomic mass is 10.00. The second-order valence-corrected chi connectivity index (χ2v) is 4.97. The summed E-state index contributed by atoms with van der Waals surface area (Å²) in [5.74, 6) is -0.0584. The van der Waals surface area contributed by atoms with Crippen LogP contribution in [0.4, 0.5) is 4.39 Å². The number of benzene rings is 1. The van der Waals surface area contributed by atoms with Crippen molar-refractivity contribution in [2.45, 2.75) is 38.1 Å². The van der Waals surface area contributed by atoms with Crippen molar-refractivity contribution in [2.75, 3.05) is 13.7 Å². The number of hydrogen-bond donors (Lipinski definition) is 1. The second-order valence-electron chi connectivity index (χ2n) is 4.97. The maximum atomic E-state index is 13.6. The molecule has 1 saturated heterocycles. The molecule has 2 rings (SSSR count). The number of Topliss-reactive ketones (excluding diaryl/α,β-unsaturated/α-hetero) is 1. The van der Waals surface area contributed by atoms with Crippen LogP contribution in [0.5, 0.6) is 5.75 Å². The molecule has 1 unspecified atom stereocenters. The van der Waals surface area contributed by atoms with E-state index in [-0.39, 0.29) is 24.0 Å². The fraction of sp³-hybridized carbons (Fsp3) is 0.533. The maximum absolute atomic E-state index is 13.6. The van der Waals surface area contributed by atoms with Gasteiger partial charge in [-0.1, -0.05) is 18.9 Å². The van der Waals surface area contributed by atoms with Gasteiger partial charge in [0.05, 0.1) is 13.2 Å². The van der Waals surface area contributed by atoms with E-state index in [2.05, 4.69) is 5.32 Å². The molecule has 3 nitrogen and oxygen atoms in total. The molecule has 1 aliphatic heterocycles. The number of nitrogens with one attached hydrogen (secondary N) is 1. The number of halogens is 1. The van der Waals surface area contributed by atoms with Gasteiger partial charge in [-0.2, -0.15) is 0 Å². The number of carbonyl (C=O) groups is 1. The van der Waals surface area contributed by atoms with Crippen LogP contribution in [-0.4, -0.2) is 25.5 Å². The van der Waals surface area contributed by atoms with Crippen LogP contribution < -0.4 is 10.1 Å². The molecular formula is C15H20FNO2. The predicted molar refractivity (Wildman–Crippen MR) is 71.9 cm³/mol. The fourth-order valence-corrected chi connectivity index (χ4v) is 2.45. The molecule has 4 heteroatoms. The van der Waals surface area contributed by atoms with Crippen molar-refractivity contribution < 1.29 is 13.9 Å². The third-order valence-corrected chi connectivity index (χ3v) is 3.54. The largest absolute Gasteiger partial charge is 0.494 e. The number of rotatable bonds is 4. The van der Waals surface area contributed by atoms with E-state index in [0.29, 0.717) is 5.56 Å². The van der Waals surface area contributed by atoms with E-state index < -0.39 is 5.82 Å². The third-order valence-electron chi connectivity index (χ3n) is 3.54. The summed E-state index contributed by atoms with van der Waals surface area (Å²) in [6, 6.07) is 4.62. The smallest absolute Gasteiger partial charge is 0.165 e. The average molecular weight is 265 g/mol. The minimum Gasteiger partial charge on any atom is -0.494 e. The highest BCUT2D eigenvalue weighted by Crippen LogP contribution is 2.19. The highest BCUT2D eigenvalue weighted by Gasteiger charge is 2.19. The van der Waals surface area contributed by atoms with Crippen LogP contribution in [-0.2, 0) is 11.2 Å². The Morgan fingerprint density at radius 2 is 2.26 bits per heavy atom. The summed E-state index contributed by atoms with van der Waals surface area (Å²) >= 11 is 0. The van der Waals surface area contributed by atoms with E-state index in [9.17, 15) is 9.18 Å². The topological polar surface area (TPSA) is 38.3 Å². The molecule has 104 valence electrons. The van der Waals surface area contributed by atoms with Gasteiger partial charge in [0.25, 0.3) is 0 Å². The van der Waals surface area contributed by atoms with Crippen molar-refractivity contribution in [2.24, 2.45) is 0 Å². The first-order chi connectivity index (χ1) is 9.20. The molecule has 0 aromatic heterocycles. The van der Waals surface area contributed by atoms with E-state index in [1.807, 2.05) is 0 Å². The van der Waals surface area contributed by atoms with Crippen LogP contribution in [0.2, 0.25) is 0 Å². The first kappa shape index (κ1) is 14.0. The van der Waals surface area contributed by atoms with E-state index in [1.54, 1.807) is 12.1 Å². The zero-order chi connectivity index (χ0) is 13.7. The Balaban J connectivity index is 1.99. The van der Waals surface area contributed by atoms with Crippen LogP contribution >= 0.6 is 0 Å². The van der Waals surface area contributed by atoms with Gasteiger partial charge in [-0.15, -0.1) is 0 Å². The Morgan fingerprint density at radius 3 is 3.00 bits per heavy atom. The van der Waals surface area contributed by atoms with Gasteiger partial charge in [0.15, 0.2) is 17.3 Å². The summed E-state index contributed by atoms with van der Waals surface area (Å²) in [5, 5.41) is 3.27. The molecule has 1 heterocycles. The first-order valence-corrected chi connectivity index (χ1v) is 6.79. The maximum Gasteiger partial charge on any atom is 0.165 e. The lowest BCUT2D eigenvalue weighted by Gasteiger charge is -2.14. The van der Waals surface area contributed by atoms with Gasteiger partial charge >= 0.3 is 0 Å². The molecule has 0 aliphatic carbocycles. The fourth-order valence-electron chi connectivity index (χ4n) is 2.45. The number of methoxy groups -OCH3 is 1. The molecule has 0 saturated carbocycles. The SMILES string of the molecule is COc1ccc(CC(=O)C2CCCCCN2)cc1F. The molecule has 1 aliphatic rings. The Morgan fingerprint density at radius 1 is 1.42 bits per heavy atom. The number of hydrogen-bond acceptors (Lipinski definition) is 3. The summed E-state index contributed by atoms with van der Waals surface area (Å²) in [5.41, 5.74) is 0.703. The number of ether oxygens (including phenoxy) is 1. The van der Waals surface area contributed by atoms with E-state index in [0.717, 1.165) is 25.8 Å². The molecule has 1 fully saturated rings. The summed E-state index contributed by atoms with van der Waals surface area (Å²) in [6.07, 6.45) is 4.55. The second kappa shape index (κ2) is 6.66. The molecule has 0 radical (unpaired) electrons. The van der Waals surface area contributed by atoms with Crippen LogP contribution in [0.15, 0.2) is 18.2 Å². The zero-order valence-electron chi connectivity index (χ0n) is 11.2. The monoisotopic (exact) mass is 265 g/mol. The Hall–Kier alpha value is -1.42. The van der Waals surface area contributed by atoms with Crippen molar-refractivity contribution in [3.8, 4) is 5.75 Å². The average Bonchev–Trinajstić information content (AvgIpc) is 2.68. The summed E-state index contributed by atoms with van der Waals surface area (Å²) in [6.45, 7) is 0.896. The van der Waals surface area contributed by atoms with E-state index in [1.165, 1.54) is 19.6 Å². The highest BCUT2D eigenvalue weighted by atomic mass is 19.1. The van der Waals surface area contributed by atoms with Gasteiger partial charge in [0, 0.05) is 6.42 Å². The Bertz CT molecular complexity index is 440. The van der Waals surface area contributed by atoms with Crippen molar-refractivity contribution in [1.29, 1.82) is 0 Å². The van der Waals surface area contributed by atoms with Crippen LogP contribution in [0.3, 0.4) is 0 Å². The van der Waals surface area contributed by atoms with Gasteiger partial charge in [-0.25, -0.2) is 4.39 Å². The van der Waals surface area contributed by atoms with Crippen molar-refractivity contribution in [3.63, 3.8) is 0 Å². The zero-order valence-corrected chi connectivity index (χ0v) is 11.2. The van der Waals surface area contributed by atoms with Crippen LogP contribution in [0.1, 0.15) is 31.2 Å². The minimum atomic E-state index is -0.415. The minimum absolute atomic E-state index is 0.0762. The highest BCUT2D eigenvalue weighted by molar-refractivity contribution is 5.86. The molecule has 1 aromatic rings. The lowest BCUT2D eigenvalue weighted by Crippen LogP contribution is -2.36. The molecule has 1 N–H and O–H groups in total. The molecule has 0 bridgehead atoms. The quantitative estimate of drug-likeness (QED) is 0.909. The lowest BCUT2D eigenvalue weighted by molar-refractivity contribution is -0.120. The van der Waals surface area contributed by atoms with E-state index in [4.69, 9.17) is 4.74 Å². The third kappa shape index (κ3) is 3.77. The normalized spacial score (nSPS) is 19.8. The Labute approximate surface area is 113 Å². The molecule has 1 aromatic carbocycles. The molecule has 0 spiro atoms. The molecule has 0 amide bonds. The predicted octanol–water partition coefficient (Wildman–Crippen LogP) is 2.48. The van der Waals surface area contributed by atoms with Gasteiger partial charge in [0.1, 0.15) is 0 Å². The van der Waals surface area contributed by atoms with E-state index >= 15 is 0 Å². The van der Waals surface area contributed by atoms with Crippen LogP contribution in [0.25, 0.3) is 0 Å². The molecule has 1 atom stereocenters. The van der Waals surface area contributed by atoms with Gasteiger partial charge in [-0.05, 0) is 37.1 Å². The van der Waals surface area contributed by atoms with Crippen molar-refractivity contribution in [3.05, 3.63) is 29.6 Å². The van der Waals surface area contributed by atoms with Crippen molar-refractivity contribution in [1.82, 2.24) is 5.32 Å². The Kier molecular flexibility index (Phi) is 4.91. The van der Waals surface area contributed by atoms with Gasteiger partial charge < -0.3 is 10.1 Å². The standard InChI is InChI=1S/C15H20FNO2/c1-19-15-7-6-11(9-12(15)16)10-14(18)13-5-3-2-4-8-17-13/h6-7,9,13,17H,2-5,8,10H2,1H3. The summed E-state index contributed by atoms with van der Waals surface area (Å²) in [7, 11) is 1.43. The van der Waals surface area contributed by atoms with Gasteiger partial charge in [-0.3, -0.25) is 4.79 Å². The number of ketones is 1. The first-order valence-electron chi connectivity index (χ1n) is 6.79. The summed E-state index contributed by atoms with van der Waals surface area (Å²) in [4.78, 5) is 12.2. The van der Waals surface area contributed by atoms with Crippen molar-refractivity contribution >= 4 is 5.78 Å². The van der Waals surface area contributed by atoms with Crippen LogP contribution in [0, 0.1) is 5.82 Å². The van der Waals surface area contributed by atoms with Gasteiger partial charge in [0.2, 0.25) is 0 Å². The summed E-state index contributed by atoms with van der Waals surface area (Å²) < 4.78 is 18.4. The molecular weight excluding hydrogens is 245 g/mol.